The number of fused-ring (bicyclic) bond motifs is 4. The molecule has 1 unspecified atom stereocenters. The molecule has 0 aliphatic carbocycles. The molecule has 2 aliphatic rings. The fourth-order valence-corrected chi connectivity index (χ4v) is 5.24. The number of nitrogens with zero attached hydrogens (tertiary/aromatic N) is 2. The summed E-state index contributed by atoms with van der Waals surface area (Å²) in [5.41, 5.74) is 3.02. The molecule has 1 atom stereocenters. The van der Waals surface area contributed by atoms with E-state index in [1.54, 1.807) is 12.1 Å². The normalized spacial score (nSPS) is 20.1. The third kappa shape index (κ3) is 3.34. The van der Waals surface area contributed by atoms with Crippen LogP contribution in [-0.4, -0.2) is 18.1 Å². The summed E-state index contributed by atoms with van der Waals surface area (Å²) < 4.78 is 12.1. The Balaban J connectivity index is 1.65. The highest BCUT2D eigenvalue weighted by Gasteiger charge is 2.58. The standard InChI is InChI=1S/C28H26N2O3/c1-4-32-21-13-14-23-25(15-21)33-27(2,3)18-28(23)22-7-5-6-8-24(22)30(26(28)31)17-20-11-9-19(16-29)10-12-20/h5-15H,4,17-18H2,1-3H3. The van der Waals surface area contributed by atoms with E-state index in [0.29, 0.717) is 30.9 Å². The van der Waals surface area contributed by atoms with E-state index in [0.717, 1.165) is 28.1 Å². The molecule has 3 aromatic rings. The minimum atomic E-state index is -0.828. The van der Waals surface area contributed by atoms with Crippen molar-refractivity contribution in [1.82, 2.24) is 0 Å². The van der Waals surface area contributed by atoms with E-state index >= 15 is 0 Å². The summed E-state index contributed by atoms with van der Waals surface area (Å²) in [5.74, 6) is 1.48. The van der Waals surface area contributed by atoms with Crippen LogP contribution in [0.25, 0.3) is 0 Å². The summed E-state index contributed by atoms with van der Waals surface area (Å²) in [6.07, 6.45) is 0.542. The number of nitriles is 1. The van der Waals surface area contributed by atoms with Crippen LogP contribution in [0.2, 0.25) is 0 Å². The van der Waals surface area contributed by atoms with Crippen molar-refractivity contribution < 1.29 is 14.3 Å². The lowest BCUT2D eigenvalue weighted by Gasteiger charge is -2.43. The van der Waals surface area contributed by atoms with Crippen LogP contribution in [0.15, 0.2) is 66.7 Å². The average molecular weight is 439 g/mol. The molecule has 3 aromatic carbocycles. The summed E-state index contributed by atoms with van der Waals surface area (Å²) in [6, 6.07) is 23.4. The molecule has 0 radical (unpaired) electrons. The van der Waals surface area contributed by atoms with Gasteiger partial charge < -0.3 is 14.4 Å². The van der Waals surface area contributed by atoms with Crippen LogP contribution in [-0.2, 0) is 16.8 Å². The first-order chi connectivity index (χ1) is 15.9. The van der Waals surface area contributed by atoms with Gasteiger partial charge in [-0.3, -0.25) is 4.79 Å². The number of ether oxygens (including phenoxy) is 2. The van der Waals surface area contributed by atoms with Crippen molar-refractivity contribution in [2.75, 3.05) is 11.5 Å². The van der Waals surface area contributed by atoms with Gasteiger partial charge in [0, 0.05) is 23.7 Å². The molecule has 2 heterocycles. The topological polar surface area (TPSA) is 62.6 Å². The maximum Gasteiger partial charge on any atom is 0.242 e. The SMILES string of the molecule is CCOc1ccc2c(c1)OC(C)(C)CC21C(=O)N(Cc2ccc(C#N)cc2)c2ccccc21. The minimum absolute atomic E-state index is 0.0508. The predicted octanol–water partition coefficient (Wildman–Crippen LogP) is 5.35. The molecule has 0 aromatic heterocycles. The fourth-order valence-electron chi connectivity index (χ4n) is 5.24. The van der Waals surface area contributed by atoms with E-state index in [9.17, 15) is 4.79 Å². The van der Waals surface area contributed by atoms with Gasteiger partial charge >= 0.3 is 0 Å². The van der Waals surface area contributed by atoms with Gasteiger partial charge in [0.25, 0.3) is 0 Å². The molecule has 0 bridgehead atoms. The molecule has 5 heteroatoms. The van der Waals surface area contributed by atoms with E-state index in [4.69, 9.17) is 14.7 Å². The molecule has 5 nitrogen and oxygen atoms in total. The third-order valence-corrected chi connectivity index (χ3v) is 6.49. The molecule has 2 aliphatic heterocycles. The van der Waals surface area contributed by atoms with Gasteiger partial charge in [-0.2, -0.15) is 5.26 Å². The Bertz CT molecular complexity index is 1270. The van der Waals surface area contributed by atoms with Crippen molar-refractivity contribution in [2.45, 2.75) is 44.8 Å². The highest BCUT2D eigenvalue weighted by molar-refractivity contribution is 6.11. The molecule has 5 rings (SSSR count). The lowest BCUT2D eigenvalue weighted by atomic mass is 9.67. The van der Waals surface area contributed by atoms with Gasteiger partial charge in [-0.15, -0.1) is 0 Å². The summed E-state index contributed by atoms with van der Waals surface area (Å²) in [5, 5.41) is 9.11. The minimum Gasteiger partial charge on any atom is -0.494 e. The number of hydrogen-bond acceptors (Lipinski definition) is 4. The Labute approximate surface area is 194 Å². The summed E-state index contributed by atoms with van der Waals surface area (Å²) in [6.45, 7) is 7.02. The molecule has 0 N–H and O–H groups in total. The van der Waals surface area contributed by atoms with Crippen LogP contribution in [0.3, 0.4) is 0 Å². The van der Waals surface area contributed by atoms with Gasteiger partial charge in [-0.05, 0) is 56.2 Å². The Morgan fingerprint density at radius 3 is 2.55 bits per heavy atom. The Hall–Kier alpha value is -3.78. The number of anilines is 1. The van der Waals surface area contributed by atoms with E-state index in [2.05, 4.69) is 12.1 Å². The van der Waals surface area contributed by atoms with E-state index in [1.165, 1.54) is 0 Å². The van der Waals surface area contributed by atoms with Gasteiger partial charge in [-0.25, -0.2) is 0 Å². The molecular weight excluding hydrogens is 412 g/mol. The summed E-state index contributed by atoms with van der Waals surface area (Å²) >= 11 is 0. The van der Waals surface area contributed by atoms with Gasteiger partial charge in [-0.1, -0.05) is 36.4 Å². The van der Waals surface area contributed by atoms with Crippen molar-refractivity contribution in [3.63, 3.8) is 0 Å². The van der Waals surface area contributed by atoms with Crippen molar-refractivity contribution in [3.8, 4) is 17.6 Å². The molecule has 33 heavy (non-hydrogen) atoms. The quantitative estimate of drug-likeness (QED) is 0.551. The predicted molar refractivity (Wildman–Crippen MR) is 127 cm³/mol. The number of para-hydroxylation sites is 1. The zero-order valence-corrected chi connectivity index (χ0v) is 19.1. The van der Waals surface area contributed by atoms with E-state index in [-0.39, 0.29) is 5.91 Å². The second kappa shape index (κ2) is 7.67. The molecule has 0 fully saturated rings. The van der Waals surface area contributed by atoms with Gasteiger partial charge in [0.1, 0.15) is 22.5 Å². The maximum absolute atomic E-state index is 14.3. The van der Waals surface area contributed by atoms with Crippen LogP contribution in [0.4, 0.5) is 5.69 Å². The molecule has 1 spiro atoms. The van der Waals surface area contributed by atoms with Crippen molar-refractivity contribution in [2.24, 2.45) is 0 Å². The number of hydrogen-bond donors (Lipinski definition) is 0. The van der Waals surface area contributed by atoms with Gasteiger partial charge in [0.2, 0.25) is 5.91 Å². The second-order valence-electron chi connectivity index (χ2n) is 9.25. The maximum atomic E-state index is 14.3. The average Bonchev–Trinajstić information content (AvgIpc) is 3.02. The summed E-state index contributed by atoms with van der Waals surface area (Å²) in [4.78, 5) is 16.2. The first-order valence-electron chi connectivity index (χ1n) is 11.2. The van der Waals surface area contributed by atoms with Crippen LogP contribution in [0.1, 0.15) is 49.4 Å². The van der Waals surface area contributed by atoms with Crippen LogP contribution in [0.5, 0.6) is 11.5 Å². The molecule has 1 amide bonds. The molecule has 0 saturated carbocycles. The van der Waals surface area contributed by atoms with E-state index in [1.807, 2.05) is 74.2 Å². The molecule has 0 saturated heterocycles. The first-order valence-corrected chi connectivity index (χ1v) is 11.2. The number of carbonyl (C=O) groups is 1. The number of carbonyl (C=O) groups excluding carboxylic acids is 1. The molecule has 166 valence electrons. The van der Waals surface area contributed by atoms with Crippen molar-refractivity contribution in [1.29, 1.82) is 5.26 Å². The van der Waals surface area contributed by atoms with Crippen LogP contribution in [0, 0.1) is 11.3 Å². The summed E-state index contributed by atoms with van der Waals surface area (Å²) in [7, 11) is 0. The first kappa shape index (κ1) is 21.1. The molecular formula is C28H26N2O3. The lowest BCUT2D eigenvalue weighted by molar-refractivity contribution is -0.124. The van der Waals surface area contributed by atoms with Crippen molar-refractivity contribution >= 4 is 11.6 Å². The smallest absolute Gasteiger partial charge is 0.242 e. The Morgan fingerprint density at radius 2 is 1.82 bits per heavy atom. The van der Waals surface area contributed by atoms with E-state index < -0.39 is 11.0 Å². The van der Waals surface area contributed by atoms with Gasteiger partial charge in [0.15, 0.2) is 0 Å². The Kier molecular flexibility index (Phi) is 4.90. The lowest BCUT2D eigenvalue weighted by Crippen LogP contribution is -2.50. The fraction of sp³-hybridized carbons (Fsp3) is 0.286. The largest absolute Gasteiger partial charge is 0.494 e. The highest BCUT2D eigenvalue weighted by atomic mass is 16.5. The van der Waals surface area contributed by atoms with Crippen LogP contribution < -0.4 is 14.4 Å². The number of rotatable bonds is 4. The number of benzene rings is 3. The third-order valence-electron chi connectivity index (χ3n) is 6.49. The monoisotopic (exact) mass is 438 g/mol. The van der Waals surface area contributed by atoms with Crippen molar-refractivity contribution in [3.05, 3.63) is 89.0 Å². The number of amides is 1. The Morgan fingerprint density at radius 1 is 1.06 bits per heavy atom. The van der Waals surface area contributed by atoms with Gasteiger partial charge in [0.05, 0.1) is 24.8 Å². The highest BCUT2D eigenvalue weighted by Crippen LogP contribution is 2.56. The van der Waals surface area contributed by atoms with Crippen LogP contribution >= 0.6 is 0 Å². The second-order valence-corrected chi connectivity index (χ2v) is 9.25. The zero-order chi connectivity index (χ0) is 23.2. The zero-order valence-electron chi connectivity index (χ0n) is 19.1.